The molecular weight excluding hydrogens is 484 g/mol. The molecule has 0 unspecified atom stereocenters. The quantitative estimate of drug-likeness (QED) is 0.304. The molecule has 0 aliphatic carbocycles. The summed E-state index contributed by atoms with van der Waals surface area (Å²) >= 11 is 0.930. The first-order valence-corrected chi connectivity index (χ1v) is 10.7. The van der Waals surface area contributed by atoms with Gasteiger partial charge < -0.3 is 10.1 Å². The molecule has 0 saturated heterocycles. The highest BCUT2D eigenvalue weighted by atomic mass is 32.2. The second kappa shape index (κ2) is 10.3. The summed E-state index contributed by atoms with van der Waals surface area (Å²) in [6.07, 6.45) is -10.0. The van der Waals surface area contributed by atoms with Crippen molar-refractivity contribution >= 4 is 23.4 Å². The van der Waals surface area contributed by atoms with E-state index in [0.29, 0.717) is 35.2 Å². The summed E-state index contributed by atoms with van der Waals surface area (Å²) in [4.78, 5) is 12.1. The van der Waals surface area contributed by atoms with Crippen LogP contribution in [-0.2, 0) is 17.1 Å². The van der Waals surface area contributed by atoms with Crippen molar-refractivity contribution in [1.29, 1.82) is 0 Å². The Morgan fingerprint density at radius 2 is 1.53 bits per heavy atom. The summed E-state index contributed by atoms with van der Waals surface area (Å²) in [5.74, 6) is -0.385. The molecule has 1 aromatic heterocycles. The number of benzene rings is 2. The zero-order valence-corrected chi connectivity index (χ0v) is 18.3. The maximum absolute atomic E-state index is 12.9. The normalized spacial score (nSPS) is 11.9. The van der Waals surface area contributed by atoms with Crippen molar-refractivity contribution in [2.24, 2.45) is 0 Å². The Morgan fingerprint density at radius 3 is 2.03 bits per heavy atom. The number of carbonyl (C=O) groups excluding carboxylic acids is 1. The molecule has 1 N–H and O–H groups in total. The Kier molecular flexibility index (Phi) is 7.70. The number of hydrogen-bond acceptors (Lipinski definition) is 5. The number of ether oxygens (including phenoxy) is 1. The van der Waals surface area contributed by atoms with Gasteiger partial charge in [-0.1, -0.05) is 11.8 Å². The van der Waals surface area contributed by atoms with E-state index in [-0.39, 0.29) is 11.8 Å². The summed E-state index contributed by atoms with van der Waals surface area (Å²) in [7, 11) is 0. The topological polar surface area (TPSA) is 64.1 Å². The number of nitrogens with one attached hydrogen (secondary N) is 1. The fourth-order valence-corrected chi connectivity index (χ4v) is 3.42. The average molecular weight is 501 g/mol. The predicted molar refractivity (Wildman–Crippen MR) is 114 cm³/mol. The van der Waals surface area contributed by atoms with Crippen LogP contribution in [0.15, 0.2) is 59.6 Å². The van der Waals surface area contributed by atoms with Crippen LogP contribution >= 0.6 is 11.8 Å². The fraction of sp³-hybridized carbons (Fsp3) is 0.227. The molecule has 0 bridgehead atoms. The van der Waals surface area contributed by atoms with E-state index in [1.807, 2.05) is 6.92 Å². The van der Waals surface area contributed by atoms with Gasteiger partial charge in [0.05, 0.1) is 29.2 Å². The summed E-state index contributed by atoms with van der Waals surface area (Å²) in [5.41, 5.74) is -2.28. The number of hydrogen-bond donors (Lipinski definition) is 1. The molecule has 1 heterocycles. The molecule has 0 atom stereocenters. The summed E-state index contributed by atoms with van der Waals surface area (Å²) in [5, 5.41) is 10.5. The smallest absolute Gasteiger partial charge is 0.416 e. The molecule has 2 aromatic carbocycles. The van der Waals surface area contributed by atoms with Crippen molar-refractivity contribution in [3.05, 3.63) is 65.7 Å². The van der Waals surface area contributed by atoms with Crippen LogP contribution in [0.5, 0.6) is 5.75 Å². The van der Waals surface area contributed by atoms with E-state index in [2.05, 4.69) is 15.5 Å². The van der Waals surface area contributed by atoms with E-state index in [4.69, 9.17) is 4.74 Å². The molecule has 5 nitrogen and oxygen atoms in total. The van der Waals surface area contributed by atoms with Crippen molar-refractivity contribution in [2.45, 2.75) is 24.3 Å². The van der Waals surface area contributed by atoms with Gasteiger partial charge in [0, 0.05) is 11.3 Å². The van der Waals surface area contributed by atoms with E-state index in [0.717, 1.165) is 17.3 Å². The summed E-state index contributed by atoms with van der Waals surface area (Å²) in [6, 6.07) is 11.3. The molecule has 180 valence electrons. The van der Waals surface area contributed by atoms with Gasteiger partial charge >= 0.3 is 12.4 Å². The van der Waals surface area contributed by atoms with Crippen LogP contribution in [0.4, 0.5) is 32.0 Å². The second-order valence-corrected chi connectivity index (χ2v) is 7.84. The first-order valence-electron chi connectivity index (χ1n) is 9.75. The van der Waals surface area contributed by atoms with E-state index < -0.39 is 35.1 Å². The monoisotopic (exact) mass is 501 g/mol. The van der Waals surface area contributed by atoms with Gasteiger partial charge in [0.15, 0.2) is 0 Å². The molecule has 12 heteroatoms. The minimum absolute atomic E-state index is 0.00801. The molecule has 1 amide bonds. The molecule has 0 spiro atoms. The predicted octanol–water partition coefficient (Wildman–Crippen LogP) is 6.31. The summed E-state index contributed by atoms with van der Waals surface area (Å²) in [6.45, 7) is 2.41. The third-order valence-electron chi connectivity index (χ3n) is 4.32. The maximum atomic E-state index is 12.9. The highest BCUT2D eigenvalue weighted by molar-refractivity contribution is 7.99. The van der Waals surface area contributed by atoms with E-state index in [1.165, 1.54) is 0 Å². The average Bonchev–Trinajstić information content (AvgIpc) is 2.77. The number of anilines is 1. The van der Waals surface area contributed by atoms with Crippen LogP contribution < -0.4 is 10.1 Å². The number of amides is 1. The highest BCUT2D eigenvalue weighted by Gasteiger charge is 2.37. The van der Waals surface area contributed by atoms with E-state index in [9.17, 15) is 31.1 Å². The van der Waals surface area contributed by atoms with Crippen LogP contribution in [-0.4, -0.2) is 28.5 Å². The lowest BCUT2D eigenvalue weighted by atomic mass is 10.1. The minimum atomic E-state index is -5.00. The lowest BCUT2D eigenvalue weighted by Gasteiger charge is -2.14. The Morgan fingerprint density at radius 1 is 0.912 bits per heavy atom. The van der Waals surface area contributed by atoms with Crippen LogP contribution in [0.25, 0.3) is 11.3 Å². The first kappa shape index (κ1) is 25.3. The van der Waals surface area contributed by atoms with Crippen molar-refractivity contribution in [2.75, 3.05) is 17.7 Å². The van der Waals surface area contributed by atoms with Gasteiger partial charge in [0.1, 0.15) is 10.8 Å². The molecule has 0 radical (unpaired) electrons. The highest BCUT2D eigenvalue weighted by Crippen LogP contribution is 2.37. The van der Waals surface area contributed by atoms with Gasteiger partial charge in [-0.05, 0) is 61.5 Å². The molecule has 0 saturated carbocycles. The van der Waals surface area contributed by atoms with Gasteiger partial charge in [0.25, 0.3) is 0 Å². The molecule has 0 aliphatic rings. The standard InChI is InChI=1S/C22H17F6N3O2S/c1-2-33-17-5-3-13(4-6-17)18-7-8-20(31-30-18)34-12-19(32)29-16-10-14(21(23,24)25)9-15(11-16)22(26,27)28/h3-11H,2,12H2,1H3,(H,29,32). The van der Waals surface area contributed by atoms with Crippen molar-refractivity contribution < 1.29 is 35.9 Å². The first-order chi connectivity index (χ1) is 16.0. The minimum Gasteiger partial charge on any atom is -0.494 e. The van der Waals surface area contributed by atoms with E-state index >= 15 is 0 Å². The number of aromatic nitrogens is 2. The third-order valence-corrected chi connectivity index (χ3v) is 5.24. The van der Waals surface area contributed by atoms with Gasteiger partial charge in [-0.2, -0.15) is 26.3 Å². The van der Waals surface area contributed by atoms with Crippen molar-refractivity contribution in [1.82, 2.24) is 10.2 Å². The maximum Gasteiger partial charge on any atom is 0.416 e. The Bertz CT molecular complexity index is 1100. The van der Waals surface area contributed by atoms with Crippen LogP contribution in [0.3, 0.4) is 0 Å². The van der Waals surface area contributed by atoms with Crippen LogP contribution in [0.1, 0.15) is 18.1 Å². The Labute approximate surface area is 194 Å². The van der Waals surface area contributed by atoms with Gasteiger partial charge in [-0.25, -0.2) is 0 Å². The molecule has 3 aromatic rings. The van der Waals surface area contributed by atoms with Crippen LogP contribution in [0, 0.1) is 0 Å². The zero-order chi connectivity index (χ0) is 24.9. The van der Waals surface area contributed by atoms with Crippen molar-refractivity contribution in [3.63, 3.8) is 0 Å². The number of halogens is 6. The van der Waals surface area contributed by atoms with Gasteiger partial charge in [-0.15, -0.1) is 10.2 Å². The number of thioether (sulfide) groups is 1. The van der Waals surface area contributed by atoms with E-state index in [1.54, 1.807) is 36.4 Å². The fourth-order valence-electron chi connectivity index (χ4n) is 2.80. The lowest BCUT2D eigenvalue weighted by molar-refractivity contribution is -0.143. The largest absolute Gasteiger partial charge is 0.494 e. The van der Waals surface area contributed by atoms with Crippen molar-refractivity contribution in [3.8, 4) is 17.0 Å². The Hall–Kier alpha value is -3.28. The number of nitrogens with zero attached hydrogens (tertiary/aromatic N) is 2. The molecule has 3 rings (SSSR count). The van der Waals surface area contributed by atoms with Gasteiger partial charge in [-0.3, -0.25) is 4.79 Å². The number of carbonyl (C=O) groups is 1. The molecule has 0 aliphatic heterocycles. The molecule has 34 heavy (non-hydrogen) atoms. The second-order valence-electron chi connectivity index (χ2n) is 6.85. The zero-order valence-electron chi connectivity index (χ0n) is 17.5. The SMILES string of the molecule is CCOc1ccc(-c2ccc(SCC(=O)Nc3cc(C(F)(F)F)cc(C(F)(F)F)c3)nn2)cc1. The Balaban J connectivity index is 1.64. The van der Waals surface area contributed by atoms with Crippen LogP contribution in [0.2, 0.25) is 0 Å². The summed E-state index contributed by atoms with van der Waals surface area (Å²) < 4.78 is 83.1. The molecular formula is C22H17F6N3O2S. The molecule has 0 fully saturated rings. The lowest BCUT2D eigenvalue weighted by Crippen LogP contribution is -2.17. The van der Waals surface area contributed by atoms with Gasteiger partial charge in [0.2, 0.25) is 5.91 Å². The number of rotatable bonds is 7. The third kappa shape index (κ3) is 6.86. The number of alkyl halides is 6.